The Labute approximate surface area is 591 Å². The summed E-state index contributed by atoms with van der Waals surface area (Å²) >= 11 is 6.23. The van der Waals surface area contributed by atoms with Gasteiger partial charge in [-0.2, -0.15) is 0 Å². The smallest absolute Gasteiger partial charge is 0.325 e. The standard InChI is InChI=1S/C72H94ClN13O15/c1-41(2)32-54(63(91)79-53(17-10-11-30-76-42(3)4)71(99)86-31-13-18-60(86)68(96)77-43(5)72(100)101)80-67(95)58(38-62(74)90)83-69(97)61(37-46-22-27-52(89)28-23-46)85(7)70(98)59(40-87)84-66(94)57(36-48-14-12-29-75-39-48)82-65(93)56(34-45-20-25-51(73)26-21-45)81-64(92)55(78-44(6)88)35-47-19-24-49-15-8-9-16-50(49)33-47/h8-9,12,14-16,19-29,33,39,41-43,53-61,76,87,89H,10-11,13,17-18,30-32,34-38,40H2,1-7H3,(H2,74,90)(H,77,96)(H,78,88)(H,79,91)(H,80,95)(H,81,92)(H,82,93)(H,83,97)(H,84,94)(H,100,101)/t43-,53+,54+,55-,56-,57-,58-,59+,60+,61+/m1/s1. The number of nitrogens with one attached hydrogen (secondary N) is 9. The summed E-state index contributed by atoms with van der Waals surface area (Å²) in [7, 11) is 1.17. The second-order valence-corrected chi connectivity index (χ2v) is 26.5. The summed E-state index contributed by atoms with van der Waals surface area (Å²) in [5.74, 6) is -11.3. The largest absolute Gasteiger partial charge is 0.508 e. The minimum atomic E-state index is -1.85. The van der Waals surface area contributed by atoms with Gasteiger partial charge < -0.3 is 78.7 Å². The molecule has 14 N–H and O–H groups in total. The predicted octanol–water partition coefficient (Wildman–Crippen LogP) is 1.77. The highest BCUT2D eigenvalue weighted by Gasteiger charge is 2.41. The zero-order valence-electron chi connectivity index (χ0n) is 57.8. The number of nitrogens with two attached hydrogens (primary N) is 1. The number of phenols is 1. The lowest BCUT2D eigenvalue weighted by Gasteiger charge is -2.32. The number of carboxylic acids is 1. The summed E-state index contributed by atoms with van der Waals surface area (Å²) in [6.07, 6.45) is 3.07. The van der Waals surface area contributed by atoms with Gasteiger partial charge in [-0.05, 0) is 121 Å². The van der Waals surface area contributed by atoms with Gasteiger partial charge in [0.25, 0.3) is 0 Å². The average Bonchev–Trinajstić information content (AvgIpc) is 1.71. The number of likely N-dealkylation sites (tertiary alicyclic amines) is 1. The Kier molecular flexibility index (Phi) is 30.9. The molecule has 0 spiro atoms. The fourth-order valence-electron chi connectivity index (χ4n) is 11.7. The van der Waals surface area contributed by atoms with Gasteiger partial charge in [0, 0.05) is 69.7 Å². The number of aliphatic hydroxyl groups is 1. The van der Waals surface area contributed by atoms with Crippen LogP contribution in [0, 0.1) is 5.92 Å². The molecule has 0 unspecified atom stereocenters. The number of likely N-dealkylation sites (N-methyl/N-ethyl adjacent to an activating group) is 1. The van der Waals surface area contributed by atoms with Gasteiger partial charge in [-0.1, -0.05) is 112 Å². The molecule has 0 bridgehead atoms. The summed E-state index contributed by atoms with van der Waals surface area (Å²) in [5, 5.41) is 57.2. The highest BCUT2D eigenvalue weighted by Crippen LogP contribution is 2.23. The lowest BCUT2D eigenvalue weighted by molar-refractivity contribution is -0.145. The van der Waals surface area contributed by atoms with Gasteiger partial charge >= 0.3 is 5.97 Å². The Morgan fingerprint density at radius 3 is 1.75 bits per heavy atom. The molecule has 29 heteroatoms. The second kappa shape index (κ2) is 39.1. The summed E-state index contributed by atoms with van der Waals surface area (Å²) < 4.78 is 0. The molecule has 101 heavy (non-hydrogen) atoms. The molecule has 1 fully saturated rings. The third kappa shape index (κ3) is 25.3. The van der Waals surface area contributed by atoms with Crippen LogP contribution in [0.15, 0.2) is 116 Å². The number of carboxylic acid groups (broad SMARTS) is 1. The summed E-state index contributed by atoms with van der Waals surface area (Å²) in [6, 6.07) is 14.1. The van der Waals surface area contributed by atoms with Crippen molar-refractivity contribution >= 4 is 93.3 Å². The molecule has 1 aliphatic rings. The molecule has 6 rings (SSSR count). The summed E-state index contributed by atoms with van der Waals surface area (Å²) in [6.45, 7) is 9.62. The molecule has 4 aromatic carbocycles. The van der Waals surface area contributed by atoms with Gasteiger partial charge in [-0.3, -0.25) is 62.5 Å². The number of carbonyl (C=O) groups excluding carboxylic acids is 11. The Morgan fingerprint density at radius 1 is 0.614 bits per heavy atom. The van der Waals surface area contributed by atoms with Gasteiger partial charge in [0.2, 0.25) is 65.0 Å². The van der Waals surface area contributed by atoms with Crippen molar-refractivity contribution in [1.82, 2.24) is 62.6 Å². The molecule has 2 heterocycles. The molecule has 28 nitrogen and oxygen atoms in total. The lowest BCUT2D eigenvalue weighted by atomic mass is 9.99. The van der Waals surface area contributed by atoms with Crippen molar-refractivity contribution in [3.63, 3.8) is 0 Å². The van der Waals surface area contributed by atoms with Gasteiger partial charge in [-0.15, -0.1) is 0 Å². The van der Waals surface area contributed by atoms with E-state index < -0.39 is 144 Å². The highest BCUT2D eigenvalue weighted by atomic mass is 35.5. The number of benzene rings is 4. The highest BCUT2D eigenvalue weighted by molar-refractivity contribution is 6.30. The Bertz CT molecular complexity index is 3700. The molecular weight excluding hydrogens is 1320 g/mol. The van der Waals surface area contributed by atoms with Crippen molar-refractivity contribution < 1.29 is 72.9 Å². The number of hydrogen-bond donors (Lipinski definition) is 13. The molecule has 0 aliphatic carbocycles. The number of pyridine rings is 1. The molecule has 0 radical (unpaired) electrons. The zero-order valence-corrected chi connectivity index (χ0v) is 58.6. The minimum Gasteiger partial charge on any atom is -0.508 e. The molecule has 1 aliphatic heterocycles. The molecule has 11 amide bonds. The normalized spacial score (nSPS) is 15.4. The zero-order chi connectivity index (χ0) is 74.0. The quantitative estimate of drug-likeness (QED) is 0.0250. The molecule has 0 saturated carbocycles. The first-order chi connectivity index (χ1) is 48.0. The molecule has 544 valence electrons. The van der Waals surface area contributed by atoms with Crippen LogP contribution >= 0.6 is 11.6 Å². The van der Waals surface area contributed by atoms with E-state index in [1.807, 2.05) is 56.3 Å². The van der Waals surface area contributed by atoms with E-state index in [0.717, 1.165) is 15.7 Å². The van der Waals surface area contributed by atoms with Crippen LogP contribution in [-0.2, 0) is 83.2 Å². The number of rotatable bonds is 38. The monoisotopic (exact) mass is 1420 g/mol. The Hall–Kier alpha value is -10.1. The number of nitrogens with zero attached hydrogens (tertiary/aromatic N) is 3. The first-order valence-electron chi connectivity index (χ1n) is 33.7. The second-order valence-electron chi connectivity index (χ2n) is 26.1. The van der Waals surface area contributed by atoms with E-state index in [4.69, 9.17) is 17.3 Å². The summed E-state index contributed by atoms with van der Waals surface area (Å²) in [5.41, 5.74) is 7.72. The third-order valence-corrected chi connectivity index (χ3v) is 17.3. The number of fused-ring (bicyclic) bond motifs is 1. The topological polar surface area (TPSA) is 419 Å². The fraction of sp³-hybridized carbons (Fsp3) is 0.458. The van der Waals surface area contributed by atoms with Crippen LogP contribution in [0.4, 0.5) is 0 Å². The number of hydrogen-bond acceptors (Lipinski definition) is 16. The lowest BCUT2D eigenvalue weighted by Crippen LogP contribution is -2.62. The average molecular weight is 1420 g/mol. The van der Waals surface area contributed by atoms with E-state index in [1.165, 1.54) is 62.5 Å². The number of phenolic OH excluding ortho intramolecular Hbond substituents is 1. The number of aromatic hydroxyl groups is 1. The predicted molar refractivity (Wildman–Crippen MR) is 376 cm³/mol. The van der Waals surface area contributed by atoms with E-state index in [-0.39, 0.29) is 69.2 Å². The van der Waals surface area contributed by atoms with Crippen LogP contribution in [0.1, 0.15) is 109 Å². The van der Waals surface area contributed by atoms with E-state index in [1.54, 1.807) is 50.2 Å². The number of primary amides is 1. The number of aliphatic hydroxyl groups excluding tert-OH is 1. The van der Waals surface area contributed by atoms with Crippen LogP contribution in [-0.4, -0.2) is 194 Å². The van der Waals surface area contributed by atoms with E-state index in [0.29, 0.717) is 53.1 Å². The van der Waals surface area contributed by atoms with Crippen molar-refractivity contribution in [3.05, 3.63) is 143 Å². The van der Waals surface area contributed by atoms with Crippen LogP contribution in [0.25, 0.3) is 10.8 Å². The van der Waals surface area contributed by atoms with Crippen LogP contribution in [0.3, 0.4) is 0 Å². The maximum absolute atomic E-state index is 14.9. The number of halogens is 1. The number of aliphatic carboxylic acids is 1. The summed E-state index contributed by atoms with van der Waals surface area (Å²) in [4.78, 5) is 174. The van der Waals surface area contributed by atoms with Crippen molar-refractivity contribution in [2.75, 3.05) is 26.7 Å². The number of aromatic nitrogens is 1. The molecular formula is C72H94ClN13O15. The first kappa shape index (κ1) is 79.9. The van der Waals surface area contributed by atoms with Crippen molar-refractivity contribution in [1.29, 1.82) is 0 Å². The van der Waals surface area contributed by atoms with Crippen molar-refractivity contribution in [2.45, 2.75) is 179 Å². The first-order valence-corrected chi connectivity index (χ1v) is 34.1. The molecule has 1 aromatic heterocycles. The van der Waals surface area contributed by atoms with E-state index in [9.17, 15) is 72.9 Å². The Morgan fingerprint density at radius 2 is 1.16 bits per heavy atom. The third-order valence-electron chi connectivity index (χ3n) is 17.0. The van der Waals surface area contributed by atoms with E-state index in [2.05, 4.69) is 52.8 Å². The van der Waals surface area contributed by atoms with Crippen LogP contribution < -0.4 is 53.6 Å². The molecule has 10 atom stereocenters. The maximum Gasteiger partial charge on any atom is 0.325 e. The number of amides is 11. The van der Waals surface area contributed by atoms with Crippen molar-refractivity contribution in [3.8, 4) is 5.75 Å². The number of carbonyl (C=O) groups is 12. The number of unbranched alkanes of at least 4 members (excludes halogenated alkanes) is 1. The minimum absolute atomic E-state index is 0.0268. The van der Waals surface area contributed by atoms with Gasteiger partial charge in [0.05, 0.1) is 13.0 Å². The van der Waals surface area contributed by atoms with Gasteiger partial charge in [-0.25, -0.2) is 0 Å². The molecule has 5 aromatic rings. The van der Waals surface area contributed by atoms with Gasteiger partial charge in [0.1, 0.15) is 66.2 Å². The van der Waals surface area contributed by atoms with E-state index >= 15 is 0 Å². The Balaban J connectivity index is 1.25. The SMILES string of the molecule is CC(=O)N[C@H](Cc1ccc2ccccc2c1)C(=O)N[C@H](Cc1ccc(Cl)cc1)C(=O)N[C@H](Cc1cccnc1)C(=O)N[C@@H](CO)C(=O)N(C)[C@@H](Cc1ccc(O)cc1)C(=O)N[C@H](CC(N)=O)C(=O)N[C@@H](CC(C)C)C(=O)N[C@@H](CCCCNC(C)C)C(=O)N1CCC[C@H]1C(=O)N[C@H](C)C(=O)O. The maximum atomic E-state index is 14.9. The van der Waals surface area contributed by atoms with Crippen LogP contribution in [0.2, 0.25) is 5.02 Å². The van der Waals surface area contributed by atoms with Gasteiger partial charge in [0.15, 0.2) is 0 Å². The molecule has 1 saturated heterocycles. The fourth-order valence-corrected chi connectivity index (χ4v) is 11.8. The van der Waals surface area contributed by atoms with Crippen LogP contribution in [0.5, 0.6) is 5.75 Å². The van der Waals surface area contributed by atoms with Crippen molar-refractivity contribution in [2.24, 2.45) is 11.7 Å².